The number of ether oxygens (including phenoxy) is 2. The number of nitrogens with one attached hydrogen (secondary N) is 2. The van der Waals surface area contributed by atoms with Gasteiger partial charge in [0.1, 0.15) is 11.3 Å². The van der Waals surface area contributed by atoms with Crippen LogP contribution in [-0.4, -0.2) is 37.0 Å². The third-order valence-corrected chi connectivity index (χ3v) is 5.58. The van der Waals surface area contributed by atoms with Crippen LogP contribution in [0.4, 0.5) is 5.69 Å². The smallest absolute Gasteiger partial charge is 0.340 e. The van der Waals surface area contributed by atoms with Crippen molar-refractivity contribution in [3.63, 3.8) is 0 Å². The number of esters is 1. The minimum absolute atomic E-state index is 0.120. The second-order valence-electron chi connectivity index (χ2n) is 8.02. The van der Waals surface area contributed by atoms with E-state index in [9.17, 15) is 19.6 Å². The number of carbonyl (C=O) groups excluding carboxylic acids is 3. The number of anilines is 1. The van der Waals surface area contributed by atoms with Crippen molar-refractivity contribution in [3.05, 3.63) is 65.7 Å². The van der Waals surface area contributed by atoms with Crippen LogP contribution in [0.3, 0.4) is 0 Å². The monoisotopic (exact) mass is 461 g/mol. The quantitative estimate of drug-likeness (QED) is 0.456. The van der Waals surface area contributed by atoms with Crippen molar-refractivity contribution < 1.29 is 23.9 Å². The van der Waals surface area contributed by atoms with Gasteiger partial charge in [0.05, 0.1) is 24.4 Å². The van der Waals surface area contributed by atoms with Gasteiger partial charge < -0.3 is 20.1 Å². The summed E-state index contributed by atoms with van der Waals surface area (Å²) >= 11 is 0. The number of para-hydroxylation sites is 1. The highest BCUT2D eigenvalue weighted by Gasteiger charge is 2.33. The summed E-state index contributed by atoms with van der Waals surface area (Å²) in [4.78, 5) is 37.3. The van der Waals surface area contributed by atoms with Gasteiger partial charge in [0.15, 0.2) is 6.61 Å². The molecular formula is C26H27N3O5. The Morgan fingerprint density at radius 2 is 1.76 bits per heavy atom. The molecule has 2 amide bonds. The molecule has 2 N–H and O–H groups in total. The SMILES string of the molecule is COc1ccc(/C=C/C(=O)Nc2ccccc2C(=O)OCC(=O)NC2(C#N)CCCCC2)cc1. The number of amides is 2. The third-order valence-electron chi connectivity index (χ3n) is 5.58. The molecule has 0 heterocycles. The molecule has 1 aliphatic rings. The van der Waals surface area contributed by atoms with Gasteiger partial charge in [0.2, 0.25) is 5.91 Å². The highest BCUT2D eigenvalue weighted by atomic mass is 16.5. The molecule has 0 aliphatic heterocycles. The van der Waals surface area contributed by atoms with Crippen LogP contribution in [0.2, 0.25) is 0 Å². The average molecular weight is 462 g/mol. The summed E-state index contributed by atoms with van der Waals surface area (Å²) < 4.78 is 10.3. The fourth-order valence-corrected chi connectivity index (χ4v) is 3.76. The summed E-state index contributed by atoms with van der Waals surface area (Å²) in [6.07, 6.45) is 6.93. The van der Waals surface area contributed by atoms with Crippen LogP contribution in [0, 0.1) is 11.3 Å². The summed E-state index contributed by atoms with van der Waals surface area (Å²) in [5, 5.41) is 14.9. The van der Waals surface area contributed by atoms with Gasteiger partial charge in [0.25, 0.3) is 5.91 Å². The Kier molecular flexibility index (Phi) is 8.41. The summed E-state index contributed by atoms with van der Waals surface area (Å²) in [6.45, 7) is -0.512. The number of nitriles is 1. The zero-order valence-electron chi connectivity index (χ0n) is 19.0. The zero-order chi connectivity index (χ0) is 24.4. The summed E-state index contributed by atoms with van der Waals surface area (Å²) in [5.74, 6) is -0.994. The number of nitrogens with zero attached hydrogens (tertiary/aromatic N) is 1. The van der Waals surface area contributed by atoms with Gasteiger partial charge in [-0.15, -0.1) is 0 Å². The molecule has 0 radical (unpaired) electrons. The fourth-order valence-electron chi connectivity index (χ4n) is 3.76. The lowest BCUT2D eigenvalue weighted by Crippen LogP contribution is -2.50. The van der Waals surface area contributed by atoms with Crippen LogP contribution >= 0.6 is 0 Å². The van der Waals surface area contributed by atoms with E-state index in [0.29, 0.717) is 18.6 Å². The minimum atomic E-state index is -0.899. The van der Waals surface area contributed by atoms with E-state index in [1.165, 1.54) is 12.1 Å². The first-order valence-electron chi connectivity index (χ1n) is 11.1. The molecule has 0 spiro atoms. The Bertz CT molecular complexity index is 1100. The van der Waals surface area contributed by atoms with Gasteiger partial charge in [-0.05, 0) is 48.7 Å². The lowest BCUT2D eigenvalue weighted by Gasteiger charge is -2.31. The summed E-state index contributed by atoms with van der Waals surface area (Å²) in [7, 11) is 1.58. The number of rotatable bonds is 8. The number of hydrogen-bond donors (Lipinski definition) is 2. The molecule has 176 valence electrons. The highest BCUT2D eigenvalue weighted by Crippen LogP contribution is 2.27. The number of methoxy groups -OCH3 is 1. The maximum absolute atomic E-state index is 12.6. The maximum atomic E-state index is 12.6. The van der Waals surface area contributed by atoms with Gasteiger partial charge in [-0.1, -0.05) is 43.5 Å². The molecule has 0 bridgehead atoms. The van der Waals surface area contributed by atoms with E-state index in [4.69, 9.17) is 9.47 Å². The highest BCUT2D eigenvalue weighted by molar-refractivity contribution is 6.06. The van der Waals surface area contributed by atoms with E-state index in [-0.39, 0.29) is 11.3 Å². The number of hydrogen-bond acceptors (Lipinski definition) is 6. The lowest BCUT2D eigenvalue weighted by molar-refractivity contribution is -0.126. The van der Waals surface area contributed by atoms with E-state index < -0.39 is 29.9 Å². The summed E-state index contributed by atoms with van der Waals surface area (Å²) in [5.41, 5.74) is 0.291. The minimum Gasteiger partial charge on any atom is -0.497 e. The van der Waals surface area contributed by atoms with E-state index in [0.717, 1.165) is 24.8 Å². The molecule has 1 saturated carbocycles. The van der Waals surface area contributed by atoms with Gasteiger partial charge in [0, 0.05) is 6.08 Å². The molecule has 1 aliphatic carbocycles. The maximum Gasteiger partial charge on any atom is 0.340 e. The Morgan fingerprint density at radius 1 is 1.06 bits per heavy atom. The number of carbonyl (C=O) groups is 3. The molecule has 8 heteroatoms. The normalized spacial score (nSPS) is 14.6. The Balaban J connectivity index is 1.57. The first kappa shape index (κ1) is 24.5. The van der Waals surface area contributed by atoms with Gasteiger partial charge in [-0.3, -0.25) is 9.59 Å². The Hall–Kier alpha value is -4.12. The first-order chi connectivity index (χ1) is 16.4. The fraction of sp³-hybridized carbons (Fsp3) is 0.308. The Labute approximate surface area is 198 Å². The van der Waals surface area contributed by atoms with E-state index in [1.54, 1.807) is 43.5 Å². The molecule has 2 aromatic rings. The van der Waals surface area contributed by atoms with Crippen molar-refractivity contribution in [3.8, 4) is 11.8 Å². The van der Waals surface area contributed by atoms with E-state index in [1.807, 2.05) is 12.1 Å². The van der Waals surface area contributed by atoms with E-state index in [2.05, 4.69) is 16.7 Å². The molecule has 1 fully saturated rings. The molecule has 0 atom stereocenters. The van der Waals surface area contributed by atoms with Crippen LogP contribution in [-0.2, 0) is 14.3 Å². The third kappa shape index (κ3) is 6.69. The second kappa shape index (κ2) is 11.7. The van der Waals surface area contributed by atoms with Crippen molar-refractivity contribution in [2.45, 2.75) is 37.6 Å². The topological polar surface area (TPSA) is 118 Å². The predicted octanol–water partition coefficient (Wildman–Crippen LogP) is 3.85. The number of benzene rings is 2. The molecule has 3 rings (SSSR count). The molecule has 0 aromatic heterocycles. The molecule has 8 nitrogen and oxygen atoms in total. The van der Waals surface area contributed by atoms with Crippen LogP contribution in [0.5, 0.6) is 5.75 Å². The van der Waals surface area contributed by atoms with Crippen molar-refractivity contribution in [1.29, 1.82) is 5.26 Å². The van der Waals surface area contributed by atoms with Gasteiger partial charge in [-0.25, -0.2) is 4.79 Å². The van der Waals surface area contributed by atoms with Crippen molar-refractivity contribution in [2.75, 3.05) is 19.0 Å². The first-order valence-corrected chi connectivity index (χ1v) is 11.1. The largest absolute Gasteiger partial charge is 0.497 e. The lowest BCUT2D eigenvalue weighted by atomic mass is 9.83. The van der Waals surface area contributed by atoms with E-state index >= 15 is 0 Å². The standard InChI is InChI=1S/C26H27N3O5/c1-33-20-12-9-19(10-13-20)11-14-23(30)28-22-8-4-3-7-21(22)25(32)34-17-24(31)29-26(18-27)15-5-2-6-16-26/h3-4,7-14H,2,5-6,15-17H2,1H3,(H,28,30)(H,29,31)/b14-11+. The molecule has 34 heavy (non-hydrogen) atoms. The predicted molar refractivity (Wildman–Crippen MR) is 127 cm³/mol. The van der Waals surface area contributed by atoms with Gasteiger partial charge in [-0.2, -0.15) is 5.26 Å². The van der Waals surface area contributed by atoms with Crippen LogP contribution in [0.15, 0.2) is 54.6 Å². The molecule has 0 unspecified atom stereocenters. The molecule has 0 saturated heterocycles. The second-order valence-corrected chi connectivity index (χ2v) is 8.02. The van der Waals surface area contributed by atoms with Crippen LogP contribution < -0.4 is 15.4 Å². The van der Waals surface area contributed by atoms with Crippen molar-refractivity contribution >= 4 is 29.5 Å². The van der Waals surface area contributed by atoms with Crippen LogP contribution in [0.25, 0.3) is 6.08 Å². The molecular weight excluding hydrogens is 434 g/mol. The zero-order valence-corrected chi connectivity index (χ0v) is 19.0. The Morgan fingerprint density at radius 3 is 2.44 bits per heavy atom. The summed E-state index contributed by atoms with van der Waals surface area (Å²) in [6, 6.07) is 15.8. The van der Waals surface area contributed by atoms with Gasteiger partial charge >= 0.3 is 5.97 Å². The average Bonchev–Trinajstić information content (AvgIpc) is 2.87. The van der Waals surface area contributed by atoms with Crippen molar-refractivity contribution in [1.82, 2.24) is 5.32 Å². The molecule has 2 aromatic carbocycles. The van der Waals surface area contributed by atoms with Crippen LogP contribution in [0.1, 0.15) is 48.0 Å². The van der Waals surface area contributed by atoms with Crippen molar-refractivity contribution in [2.24, 2.45) is 0 Å².